The molecule has 1 rings (SSSR count). The van der Waals surface area contributed by atoms with E-state index in [1.54, 1.807) is 0 Å². The number of rotatable bonds is 4. The summed E-state index contributed by atoms with van der Waals surface area (Å²) < 4.78 is 2.10. The van der Waals surface area contributed by atoms with Gasteiger partial charge in [0.2, 0.25) is 0 Å². The molecule has 0 saturated heterocycles. The summed E-state index contributed by atoms with van der Waals surface area (Å²) >= 11 is 7.02. The summed E-state index contributed by atoms with van der Waals surface area (Å²) in [6, 6.07) is 6.26. The number of benzene rings is 1. The van der Waals surface area contributed by atoms with E-state index in [4.69, 9.17) is 5.26 Å². The van der Waals surface area contributed by atoms with Crippen LogP contribution < -0.4 is 5.32 Å². The van der Waals surface area contributed by atoms with Crippen molar-refractivity contribution in [1.82, 2.24) is 0 Å². The van der Waals surface area contributed by atoms with Gasteiger partial charge in [0.15, 0.2) is 0 Å². The van der Waals surface area contributed by atoms with E-state index >= 15 is 0 Å². The molecular formula is C11H12Br2N2. The second kappa shape index (κ2) is 6.14. The monoisotopic (exact) mass is 330 g/mol. The van der Waals surface area contributed by atoms with E-state index in [0.29, 0.717) is 6.42 Å². The molecule has 0 aliphatic carbocycles. The van der Waals surface area contributed by atoms with Crippen molar-refractivity contribution in [3.8, 4) is 6.07 Å². The van der Waals surface area contributed by atoms with Gasteiger partial charge < -0.3 is 5.32 Å². The minimum Gasteiger partial charge on any atom is -0.383 e. The first-order chi connectivity index (χ1) is 7.15. The average molecular weight is 332 g/mol. The third-order valence-corrected chi connectivity index (χ3v) is 3.20. The van der Waals surface area contributed by atoms with Crippen LogP contribution in [0.2, 0.25) is 0 Å². The minimum absolute atomic E-state index is 0.591. The molecule has 0 radical (unpaired) electrons. The summed E-state index contributed by atoms with van der Waals surface area (Å²) in [5, 5.41) is 11.7. The molecule has 4 heteroatoms. The lowest BCUT2D eigenvalue weighted by Crippen LogP contribution is -2.02. The molecule has 0 saturated carbocycles. The maximum absolute atomic E-state index is 8.41. The fourth-order valence-electron chi connectivity index (χ4n) is 1.25. The Morgan fingerprint density at radius 3 is 2.47 bits per heavy atom. The van der Waals surface area contributed by atoms with Crippen LogP contribution in [0.5, 0.6) is 0 Å². The van der Waals surface area contributed by atoms with Gasteiger partial charge in [0, 0.05) is 21.9 Å². The van der Waals surface area contributed by atoms with Crippen LogP contribution in [0.1, 0.15) is 18.4 Å². The van der Waals surface area contributed by atoms with E-state index in [0.717, 1.165) is 27.6 Å². The van der Waals surface area contributed by atoms with Gasteiger partial charge in [-0.2, -0.15) is 5.26 Å². The van der Waals surface area contributed by atoms with E-state index in [1.807, 2.05) is 0 Å². The molecule has 0 spiro atoms. The number of unbranched alkanes of at least 4 members (excludes halogenated alkanes) is 1. The molecule has 1 aromatic rings. The van der Waals surface area contributed by atoms with Crippen LogP contribution in [0, 0.1) is 18.3 Å². The van der Waals surface area contributed by atoms with Crippen molar-refractivity contribution in [2.75, 3.05) is 11.9 Å². The van der Waals surface area contributed by atoms with E-state index < -0.39 is 0 Å². The quantitative estimate of drug-likeness (QED) is 0.838. The minimum atomic E-state index is 0.591. The lowest BCUT2D eigenvalue weighted by atomic mass is 10.2. The molecule has 0 unspecified atom stereocenters. The zero-order chi connectivity index (χ0) is 11.3. The molecule has 0 heterocycles. The number of nitrogens with one attached hydrogen (secondary N) is 1. The Kier molecular flexibility index (Phi) is 5.13. The molecule has 0 aromatic heterocycles. The summed E-state index contributed by atoms with van der Waals surface area (Å²) in [7, 11) is 0. The smallest absolute Gasteiger partial charge is 0.0629 e. The molecule has 15 heavy (non-hydrogen) atoms. The van der Waals surface area contributed by atoms with Crippen molar-refractivity contribution in [2.45, 2.75) is 19.8 Å². The van der Waals surface area contributed by atoms with Gasteiger partial charge in [0.1, 0.15) is 0 Å². The van der Waals surface area contributed by atoms with Crippen molar-refractivity contribution < 1.29 is 0 Å². The van der Waals surface area contributed by atoms with Crippen molar-refractivity contribution in [3.05, 3.63) is 26.6 Å². The van der Waals surface area contributed by atoms with Crippen LogP contribution in [-0.4, -0.2) is 6.54 Å². The van der Waals surface area contributed by atoms with Crippen molar-refractivity contribution >= 4 is 37.5 Å². The van der Waals surface area contributed by atoms with Crippen LogP contribution in [0.4, 0.5) is 5.69 Å². The molecular weight excluding hydrogens is 320 g/mol. The van der Waals surface area contributed by atoms with E-state index in [1.165, 1.54) is 5.56 Å². The van der Waals surface area contributed by atoms with Gasteiger partial charge >= 0.3 is 0 Å². The predicted octanol–water partition coefficient (Wildman–Crippen LogP) is 4.24. The number of halogens is 2. The van der Waals surface area contributed by atoms with Gasteiger partial charge in [0.25, 0.3) is 0 Å². The standard InChI is InChI=1S/C11H12Br2N2/c1-8-6-9(12)11(10(13)7-8)15-5-3-2-4-14/h6-7,15H,2-3,5H2,1H3. The lowest BCUT2D eigenvalue weighted by molar-refractivity contribution is 0.896. The Morgan fingerprint density at radius 2 is 1.93 bits per heavy atom. The maximum Gasteiger partial charge on any atom is 0.0629 e. The first-order valence-corrected chi connectivity index (χ1v) is 6.30. The fraction of sp³-hybridized carbons (Fsp3) is 0.364. The summed E-state index contributed by atoms with van der Waals surface area (Å²) in [5.74, 6) is 0. The first-order valence-electron chi connectivity index (χ1n) is 4.71. The van der Waals surface area contributed by atoms with Gasteiger partial charge in [-0.1, -0.05) is 0 Å². The summed E-state index contributed by atoms with van der Waals surface area (Å²) in [4.78, 5) is 0. The molecule has 0 atom stereocenters. The maximum atomic E-state index is 8.41. The van der Waals surface area contributed by atoms with Crippen molar-refractivity contribution in [1.29, 1.82) is 5.26 Å². The number of nitrogens with zero attached hydrogens (tertiary/aromatic N) is 1. The molecule has 0 fully saturated rings. The van der Waals surface area contributed by atoms with Gasteiger partial charge in [-0.15, -0.1) is 0 Å². The average Bonchev–Trinajstić information content (AvgIpc) is 2.15. The van der Waals surface area contributed by atoms with Gasteiger partial charge in [0.05, 0.1) is 11.8 Å². The highest BCUT2D eigenvalue weighted by molar-refractivity contribution is 9.11. The second-order valence-electron chi connectivity index (χ2n) is 3.29. The van der Waals surface area contributed by atoms with Crippen LogP contribution >= 0.6 is 31.9 Å². The van der Waals surface area contributed by atoms with Crippen LogP contribution in [0.15, 0.2) is 21.1 Å². The summed E-state index contributed by atoms with van der Waals surface area (Å²) in [6.07, 6.45) is 1.46. The first kappa shape index (κ1) is 12.5. The molecule has 0 amide bonds. The number of nitriles is 1. The number of hydrogen-bond donors (Lipinski definition) is 1. The number of anilines is 1. The van der Waals surface area contributed by atoms with Crippen LogP contribution in [0.25, 0.3) is 0 Å². The highest BCUT2D eigenvalue weighted by atomic mass is 79.9. The van der Waals surface area contributed by atoms with E-state index in [-0.39, 0.29) is 0 Å². The molecule has 1 aromatic carbocycles. The summed E-state index contributed by atoms with van der Waals surface area (Å²) in [5.41, 5.74) is 2.26. The molecule has 0 aliphatic heterocycles. The zero-order valence-electron chi connectivity index (χ0n) is 8.48. The SMILES string of the molecule is Cc1cc(Br)c(NCCCC#N)c(Br)c1. The normalized spacial score (nSPS) is 9.73. The Bertz CT molecular complexity index is 360. The topological polar surface area (TPSA) is 35.8 Å². The Labute approximate surface area is 107 Å². The molecule has 1 N–H and O–H groups in total. The van der Waals surface area contributed by atoms with Crippen LogP contribution in [-0.2, 0) is 0 Å². The number of aryl methyl sites for hydroxylation is 1. The fourth-order valence-corrected chi connectivity index (χ4v) is 2.95. The third kappa shape index (κ3) is 3.84. The highest BCUT2D eigenvalue weighted by Gasteiger charge is 2.04. The van der Waals surface area contributed by atoms with Gasteiger partial charge in [-0.05, 0) is 62.9 Å². The Balaban J connectivity index is 2.65. The zero-order valence-corrected chi connectivity index (χ0v) is 11.7. The summed E-state index contributed by atoms with van der Waals surface area (Å²) in [6.45, 7) is 2.86. The van der Waals surface area contributed by atoms with E-state index in [2.05, 4.69) is 62.3 Å². The Morgan fingerprint density at radius 1 is 1.33 bits per heavy atom. The second-order valence-corrected chi connectivity index (χ2v) is 5.00. The highest BCUT2D eigenvalue weighted by Crippen LogP contribution is 2.32. The van der Waals surface area contributed by atoms with Gasteiger partial charge in [-0.25, -0.2) is 0 Å². The van der Waals surface area contributed by atoms with Crippen LogP contribution in [0.3, 0.4) is 0 Å². The molecule has 0 bridgehead atoms. The third-order valence-electron chi connectivity index (χ3n) is 1.95. The van der Waals surface area contributed by atoms with Gasteiger partial charge in [-0.3, -0.25) is 0 Å². The molecule has 80 valence electrons. The van der Waals surface area contributed by atoms with E-state index in [9.17, 15) is 0 Å². The molecule has 2 nitrogen and oxygen atoms in total. The van der Waals surface area contributed by atoms with Crippen molar-refractivity contribution in [3.63, 3.8) is 0 Å². The molecule has 0 aliphatic rings. The van der Waals surface area contributed by atoms with Crippen molar-refractivity contribution in [2.24, 2.45) is 0 Å². The number of hydrogen-bond acceptors (Lipinski definition) is 2. The predicted molar refractivity (Wildman–Crippen MR) is 69.9 cm³/mol. The largest absolute Gasteiger partial charge is 0.383 e. The lowest BCUT2D eigenvalue weighted by Gasteiger charge is -2.10. The Hall–Kier alpha value is -0.530.